The monoisotopic (exact) mass is 222 g/mol. The number of hydrogen-bond donors (Lipinski definition) is 1. The maximum atomic E-state index is 11.2. The smallest absolute Gasteiger partial charge is 0.251 e. The quantitative estimate of drug-likeness (QED) is 0.849. The van der Waals surface area contributed by atoms with Crippen molar-refractivity contribution in [2.75, 3.05) is 21.1 Å². The molecule has 1 aromatic carbocycles. The Morgan fingerprint density at radius 2 is 1.69 bits per heavy atom. The van der Waals surface area contributed by atoms with Gasteiger partial charge in [0.1, 0.15) is 0 Å². The average Bonchev–Trinajstić information content (AvgIpc) is 2.31. The van der Waals surface area contributed by atoms with Crippen molar-refractivity contribution in [1.29, 1.82) is 0 Å². The molecule has 0 unspecified atom stereocenters. The maximum Gasteiger partial charge on any atom is 0.251 e. The van der Waals surface area contributed by atoms with E-state index in [4.69, 9.17) is 0 Å². The number of amides is 1. The number of carbonyl (C=O) groups is 1. The maximum absolute atomic E-state index is 11.2. The summed E-state index contributed by atoms with van der Waals surface area (Å²) in [6.45, 7) is 4.90. The third-order valence-electron chi connectivity index (χ3n) is 1.94. The van der Waals surface area contributed by atoms with Crippen LogP contribution in [0.15, 0.2) is 24.3 Å². The molecule has 1 aromatic rings. The van der Waals surface area contributed by atoms with E-state index in [2.05, 4.69) is 10.2 Å². The van der Waals surface area contributed by atoms with Gasteiger partial charge in [-0.3, -0.25) is 4.79 Å². The average molecular weight is 222 g/mol. The van der Waals surface area contributed by atoms with Gasteiger partial charge in [0.2, 0.25) is 0 Å². The lowest BCUT2D eigenvalue weighted by Gasteiger charge is -2.09. The lowest BCUT2D eigenvalue weighted by Crippen LogP contribution is -2.17. The first-order valence-corrected chi connectivity index (χ1v) is 5.59. The fourth-order valence-corrected chi connectivity index (χ4v) is 1.27. The summed E-state index contributed by atoms with van der Waals surface area (Å²) in [5, 5.41) is 2.59. The van der Waals surface area contributed by atoms with Crippen LogP contribution in [0.1, 0.15) is 29.8 Å². The van der Waals surface area contributed by atoms with Crippen LogP contribution in [0.4, 0.5) is 0 Å². The van der Waals surface area contributed by atoms with Gasteiger partial charge >= 0.3 is 0 Å². The Morgan fingerprint density at radius 3 is 2.06 bits per heavy atom. The van der Waals surface area contributed by atoms with Gasteiger partial charge in [-0.15, -0.1) is 0 Å². The van der Waals surface area contributed by atoms with Gasteiger partial charge in [-0.05, 0) is 31.8 Å². The van der Waals surface area contributed by atoms with E-state index in [1.165, 1.54) is 5.56 Å². The second-order valence-corrected chi connectivity index (χ2v) is 3.51. The van der Waals surface area contributed by atoms with Crippen LogP contribution >= 0.6 is 0 Å². The van der Waals surface area contributed by atoms with E-state index in [9.17, 15) is 4.79 Å². The minimum Gasteiger partial charge on any atom is -0.355 e. The molecule has 16 heavy (non-hydrogen) atoms. The zero-order chi connectivity index (χ0) is 12.6. The van der Waals surface area contributed by atoms with Gasteiger partial charge in [0.05, 0.1) is 0 Å². The van der Waals surface area contributed by atoms with Gasteiger partial charge in [0.15, 0.2) is 0 Å². The Balaban J connectivity index is 0.00000106. The molecule has 0 atom stereocenters. The van der Waals surface area contributed by atoms with Crippen molar-refractivity contribution >= 4 is 5.91 Å². The molecule has 3 nitrogen and oxygen atoms in total. The third-order valence-corrected chi connectivity index (χ3v) is 1.94. The number of carbonyl (C=O) groups excluding carboxylic acids is 1. The molecule has 0 saturated heterocycles. The zero-order valence-electron chi connectivity index (χ0n) is 10.9. The summed E-state index contributed by atoms with van der Waals surface area (Å²) in [7, 11) is 5.68. The number of hydrogen-bond acceptors (Lipinski definition) is 2. The van der Waals surface area contributed by atoms with Gasteiger partial charge in [-0.2, -0.15) is 0 Å². The molecule has 0 spiro atoms. The Hall–Kier alpha value is -1.35. The number of rotatable bonds is 3. The van der Waals surface area contributed by atoms with Crippen molar-refractivity contribution in [3.05, 3.63) is 35.4 Å². The second kappa shape index (κ2) is 7.88. The first kappa shape index (κ1) is 14.6. The standard InChI is InChI=1S/C11H16N2O.C2H6/c1-12-11(14)10-6-4-9(5-7-10)8-13(2)3;1-2/h4-7H,8H2,1-3H3,(H,12,14);1-2H3. The molecule has 0 aliphatic heterocycles. The van der Waals surface area contributed by atoms with Crippen LogP contribution < -0.4 is 5.32 Å². The van der Waals surface area contributed by atoms with Crippen molar-refractivity contribution in [1.82, 2.24) is 10.2 Å². The van der Waals surface area contributed by atoms with Crippen LogP contribution in [-0.2, 0) is 6.54 Å². The molecule has 0 saturated carbocycles. The van der Waals surface area contributed by atoms with E-state index < -0.39 is 0 Å². The van der Waals surface area contributed by atoms with Crippen molar-refractivity contribution in [3.63, 3.8) is 0 Å². The van der Waals surface area contributed by atoms with Crippen molar-refractivity contribution in [2.24, 2.45) is 0 Å². The van der Waals surface area contributed by atoms with Gasteiger partial charge in [0.25, 0.3) is 5.91 Å². The molecular formula is C13H22N2O. The highest BCUT2D eigenvalue weighted by molar-refractivity contribution is 5.93. The predicted octanol–water partition coefficient (Wildman–Crippen LogP) is 2.13. The van der Waals surface area contributed by atoms with E-state index in [-0.39, 0.29) is 5.91 Å². The SMILES string of the molecule is CC.CNC(=O)c1ccc(CN(C)C)cc1. The van der Waals surface area contributed by atoms with E-state index in [0.717, 1.165) is 6.54 Å². The highest BCUT2D eigenvalue weighted by Crippen LogP contribution is 2.05. The van der Waals surface area contributed by atoms with Gasteiger partial charge in [-0.25, -0.2) is 0 Å². The van der Waals surface area contributed by atoms with Gasteiger partial charge in [0, 0.05) is 19.2 Å². The van der Waals surface area contributed by atoms with Crippen LogP contribution in [0.3, 0.4) is 0 Å². The molecule has 1 N–H and O–H groups in total. The topological polar surface area (TPSA) is 32.3 Å². The number of nitrogens with zero attached hydrogens (tertiary/aromatic N) is 1. The molecule has 0 heterocycles. The van der Waals surface area contributed by atoms with E-state index in [1.807, 2.05) is 52.2 Å². The van der Waals surface area contributed by atoms with E-state index in [0.29, 0.717) is 5.56 Å². The molecule has 3 heteroatoms. The second-order valence-electron chi connectivity index (χ2n) is 3.51. The summed E-state index contributed by atoms with van der Waals surface area (Å²) >= 11 is 0. The normalized spacial score (nSPS) is 9.38. The summed E-state index contributed by atoms with van der Waals surface area (Å²) in [6, 6.07) is 7.64. The Bertz CT molecular complexity index is 304. The predicted molar refractivity (Wildman–Crippen MR) is 68.6 cm³/mol. The molecule has 0 fully saturated rings. The molecule has 0 bridgehead atoms. The van der Waals surface area contributed by atoms with Crippen molar-refractivity contribution in [3.8, 4) is 0 Å². The van der Waals surface area contributed by atoms with Crippen LogP contribution in [0.2, 0.25) is 0 Å². The highest BCUT2D eigenvalue weighted by atomic mass is 16.1. The lowest BCUT2D eigenvalue weighted by atomic mass is 10.1. The fraction of sp³-hybridized carbons (Fsp3) is 0.462. The first-order chi connectivity index (χ1) is 7.63. The Morgan fingerprint density at radius 1 is 1.19 bits per heavy atom. The summed E-state index contributed by atoms with van der Waals surface area (Å²) in [4.78, 5) is 13.3. The molecule has 0 aromatic heterocycles. The molecule has 90 valence electrons. The fourth-order valence-electron chi connectivity index (χ4n) is 1.27. The van der Waals surface area contributed by atoms with Crippen LogP contribution in [-0.4, -0.2) is 32.0 Å². The van der Waals surface area contributed by atoms with Gasteiger partial charge < -0.3 is 10.2 Å². The summed E-state index contributed by atoms with van der Waals surface area (Å²) in [5.41, 5.74) is 1.91. The summed E-state index contributed by atoms with van der Waals surface area (Å²) < 4.78 is 0. The van der Waals surface area contributed by atoms with E-state index in [1.54, 1.807) is 7.05 Å². The van der Waals surface area contributed by atoms with Crippen LogP contribution in [0.25, 0.3) is 0 Å². The number of benzene rings is 1. The molecule has 0 aliphatic carbocycles. The molecular weight excluding hydrogens is 200 g/mol. The Labute approximate surface area is 98.5 Å². The highest BCUT2D eigenvalue weighted by Gasteiger charge is 2.02. The van der Waals surface area contributed by atoms with Crippen molar-refractivity contribution in [2.45, 2.75) is 20.4 Å². The molecule has 0 radical (unpaired) electrons. The first-order valence-electron chi connectivity index (χ1n) is 5.59. The van der Waals surface area contributed by atoms with E-state index >= 15 is 0 Å². The summed E-state index contributed by atoms with van der Waals surface area (Å²) in [5.74, 6) is -0.0404. The zero-order valence-corrected chi connectivity index (χ0v) is 10.9. The van der Waals surface area contributed by atoms with Crippen LogP contribution in [0.5, 0.6) is 0 Å². The van der Waals surface area contributed by atoms with Gasteiger partial charge in [-0.1, -0.05) is 26.0 Å². The van der Waals surface area contributed by atoms with Crippen molar-refractivity contribution < 1.29 is 4.79 Å². The lowest BCUT2D eigenvalue weighted by molar-refractivity contribution is 0.0963. The number of nitrogens with one attached hydrogen (secondary N) is 1. The minimum atomic E-state index is -0.0404. The van der Waals surface area contributed by atoms with Crippen LogP contribution in [0, 0.1) is 0 Å². The molecule has 1 amide bonds. The summed E-state index contributed by atoms with van der Waals surface area (Å²) in [6.07, 6.45) is 0. The Kier molecular flexibility index (Phi) is 7.21. The minimum absolute atomic E-state index is 0.0404. The third kappa shape index (κ3) is 4.94. The molecule has 0 aliphatic rings. The molecule has 1 rings (SSSR count). The largest absolute Gasteiger partial charge is 0.355 e.